The molecule has 2 aromatic carbocycles. The van der Waals surface area contributed by atoms with Crippen LogP contribution in [0.25, 0.3) is 10.9 Å². The first-order chi connectivity index (χ1) is 13.1. The Labute approximate surface area is 166 Å². The Morgan fingerprint density at radius 3 is 2.81 bits per heavy atom. The summed E-state index contributed by atoms with van der Waals surface area (Å²) in [6.07, 6.45) is 2.55. The highest BCUT2D eigenvalue weighted by molar-refractivity contribution is 9.10. The van der Waals surface area contributed by atoms with Crippen LogP contribution in [0.2, 0.25) is 0 Å². The Morgan fingerprint density at radius 1 is 1.22 bits per heavy atom. The van der Waals surface area contributed by atoms with E-state index >= 15 is 0 Å². The maximum Gasteiger partial charge on any atom is 0.239 e. The number of nitrogens with zero attached hydrogens (tertiary/aromatic N) is 2. The van der Waals surface area contributed by atoms with E-state index in [0.29, 0.717) is 18.7 Å². The molecule has 0 aliphatic carbocycles. The van der Waals surface area contributed by atoms with Gasteiger partial charge in [0.05, 0.1) is 5.69 Å². The number of anilines is 2. The number of aryl methyl sites for hydroxylation is 1. The van der Waals surface area contributed by atoms with Crippen molar-refractivity contribution < 1.29 is 9.59 Å². The molecule has 6 heteroatoms. The lowest BCUT2D eigenvalue weighted by Crippen LogP contribution is -2.33. The molecule has 1 N–H and O–H groups in total. The summed E-state index contributed by atoms with van der Waals surface area (Å²) < 4.78 is 3.00. The second-order valence-electron chi connectivity index (χ2n) is 6.65. The van der Waals surface area contributed by atoms with E-state index in [1.54, 1.807) is 4.90 Å². The van der Waals surface area contributed by atoms with Gasteiger partial charge in [-0.25, -0.2) is 0 Å². The van der Waals surface area contributed by atoms with E-state index in [4.69, 9.17) is 0 Å². The lowest BCUT2D eigenvalue weighted by atomic mass is 10.1. The summed E-state index contributed by atoms with van der Waals surface area (Å²) in [6.45, 7) is 3.53. The van der Waals surface area contributed by atoms with Gasteiger partial charge in [0, 0.05) is 40.3 Å². The number of benzene rings is 2. The number of hydrogen-bond acceptors (Lipinski definition) is 2. The predicted molar refractivity (Wildman–Crippen MR) is 111 cm³/mol. The van der Waals surface area contributed by atoms with Gasteiger partial charge in [-0.2, -0.15) is 0 Å². The molecule has 0 spiro atoms. The highest BCUT2D eigenvalue weighted by Gasteiger charge is 2.38. The van der Waals surface area contributed by atoms with Gasteiger partial charge in [0.15, 0.2) is 0 Å². The van der Waals surface area contributed by atoms with Gasteiger partial charge in [0.2, 0.25) is 11.8 Å². The van der Waals surface area contributed by atoms with Crippen molar-refractivity contribution in [2.45, 2.75) is 19.9 Å². The Kier molecular flexibility index (Phi) is 4.74. The molecule has 5 nitrogen and oxygen atoms in total. The number of nitrogens with one attached hydrogen (secondary N) is 1. The summed E-state index contributed by atoms with van der Waals surface area (Å²) >= 11 is 3.48. The molecular weight excluding hydrogens is 406 g/mol. The van der Waals surface area contributed by atoms with Gasteiger partial charge in [-0.3, -0.25) is 9.59 Å². The number of aromatic nitrogens is 1. The topological polar surface area (TPSA) is 54.3 Å². The van der Waals surface area contributed by atoms with E-state index in [0.717, 1.165) is 27.6 Å². The van der Waals surface area contributed by atoms with E-state index in [1.165, 1.54) is 0 Å². The molecule has 1 aromatic heterocycles. The number of halogens is 1. The maximum atomic E-state index is 12.8. The molecule has 1 aliphatic rings. The van der Waals surface area contributed by atoms with E-state index < -0.39 is 5.92 Å². The van der Waals surface area contributed by atoms with E-state index in [1.807, 2.05) is 54.7 Å². The van der Waals surface area contributed by atoms with Gasteiger partial charge < -0.3 is 14.8 Å². The molecule has 4 rings (SSSR count). The first-order valence-corrected chi connectivity index (χ1v) is 9.83. The zero-order valence-corrected chi connectivity index (χ0v) is 16.6. The molecule has 2 amide bonds. The van der Waals surface area contributed by atoms with Crippen LogP contribution in [0.15, 0.2) is 59.2 Å². The summed E-state index contributed by atoms with van der Waals surface area (Å²) in [6, 6.07) is 15.4. The largest absolute Gasteiger partial charge is 0.348 e. The fraction of sp³-hybridized carbons (Fsp3) is 0.238. The summed E-state index contributed by atoms with van der Waals surface area (Å²) in [5, 5.41) is 3.98. The zero-order chi connectivity index (χ0) is 19.0. The van der Waals surface area contributed by atoms with Crippen LogP contribution < -0.4 is 10.2 Å². The van der Waals surface area contributed by atoms with Crippen molar-refractivity contribution in [2.75, 3.05) is 16.8 Å². The predicted octanol–water partition coefficient (Wildman–Crippen LogP) is 4.42. The van der Waals surface area contributed by atoms with Gasteiger partial charge in [0.25, 0.3) is 0 Å². The fourth-order valence-corrected chi connectivity index (χ4v) is 4.11. The van der Waals surface area contributed by atoms with Crippen LogP contribution in [0.1, 0.15) is 13.3 Å². The monoisotopic (exact) mass is 425 g/mol. The number of rotatable bonds is 4. The lowest BCUT2D eigenvalue weighted by molar-refractivity contribution is -0.129. The Morgan fingerprint density at radius 2 is 2.04 bits per heavy atom. The molecule has 3 aromatic rings. The highest BCUT2D eigenvalue weighted by atomic mass is 79.9. The number of amides is 2. The first kappa shape index (κ1) is 17.8. The van der Waals surface area contributed by atoms with Crippen LogP contribution in [-0.2, 0) is 16.1 Å². The lowest BCUT2D eigenvalue weighted by Gasteiger charge is -2.18. The number of hydrogen-bond donors (Lipinski definition) is 1. The second-order valence-corrected chi connectivity index (χ2v) is 7.50. The molecule has 1 atom stereocenters. The summed E-state index contributed by atoms with van der Waals surface area (Å²) in [5.74, 6) is -1.06. The number of para-hydroxylation sites is 1. The summed E-state index contributed by atoms with van der Waals surface area (Å²) in [7, 11) is 0. The van der Waals surface area contributed by atoms with Gasteiger partial charge in [-0.1, -0.05) is 12.1 Å². The highest BCUT2D eigenvalue weighted by Crippen LogP contribution is 2.32. The minimum Gasteiger partial charge on any atom is -0.348 e. The smallest absolute Gasteiger partial charge is 0.239 e. The Hall–Kier alpha value is -2.60. The molecule has 1 saturated heterocycles. The van der Waals surface area contributed by atoms with Crippen LogP contribution in [-0.4, -0.2) is 22.9 Å². The van der Waals surface area contributed by atoms with Crippen molar-refractivity contribution in [1.82, 2.24) is 4.57 Å². The third-order valence-corrected chi connectivity index (χ3v) is 5.72. The SMILES string of the molecule is CCn1ccc2cc(NC(=O)C3CCN(c4ccccc4Br)C3=O)ccc21. The molecule has 1 aliphatic heterocycles. The molecule has 27 heavy (non-hydrogen) atoms. The van der Waals surface area contributed by atoms with E-state index in [9.17, 15) is 9.59 Å². The van der Waals surface area contributed by atoms with Crippen LogP contribution in [0.5, 0.6) is 0 Å². The molecule has 0 saturated carbocycles. The third-order valence-electron chi connectivity index (χ3n) is 5.04. The average Bonchev–Trinajstić information content (AvgIpc) is 3.25. The van der Waals surface area contributed by atoms with Crippen molar-refractivity contribution in [2.24, 2.45) is 5.92 Å². The van der Waals surface area contributed by atoms with Gasteiger partial charge >= 0.3 is 0 Å². The van der Waals surface area contributed by atoms with Gasteiger partial charge in [0.1, 0.15) is 5.92 Å². The molecular formula is C21H20BrN3O2. The van der Waals surface area contributed by atoms with Crippen molar-refractivity contribution in [3.05, 3.63) is 59.2 Å². The molecule has 2 heterocycles. The number of carbonyl (C=O) groups excluding carboxylic acids is 2. The first-order valence-electron chi connectivity index (χ1n) is 9.04. The molecule has 0 bridgehead atoms. The fourth-order valence-electron chi connectivity index (χ4n) is 3.62. The summed E-state index contributed by atoms with van der Waals surface area (Å²) in [5.41, 5.74) is 2.65. The maximum absolute atomic E-state index is 12.8. The van der Waals surface area contributed by atoms with Crippen molar-refractivity contribution in [1.29, 1.82) is 0 Å². The molecule has 1 fully saturated rings. The average molecular weight is 426 g/mol. The third kappa shape index (κ3) is 3.25. The summed E-state index contributed by atoms with van der Waals surface area (Å²) in [4.78, 5) is 27.2. The van der Waals surface area contributed by atoms with Crippen LogP contribution in [0.4, 0.5) is 11.4 Å². The van der Waals surface area contributed by atoms with E-state index in [2.05, 4.69) is 32.7 Å². The number of carbonyl (C=O) groups is 2. The van der Waals surface area contributed by atoms with Crippen LogP contribution >= 0.6 is 15.9 Å². The van der Waals surface area contributed by atoms with Crippen molar-refractivity contribution in [3.8, 4) is 0 Å². The van der Waals surface area contributed by atoms with Gasteiger partial charge in [-0.05, 0) is 65.7 Å². The Bertz CT molecular complexity index is 1030. The Balaban J connectivity index is 1.50. The standard InChI is InChI=1S/C21H20BrN3O2/c1-2-24-11-9-14-13-15(7-8-18(14)24)23-20(26)16-10-12-25(21(16)27)19-6-4-3-5-17(19)22/h3-9,11,13,16H,2,10,12H2,1H3,(H,23,26). The molecule has 138 valence electrons. The zero-order valence-electron chi connectivity index (χ0n) is 15.0. The molecule has 1 unspecified atom stereocenters. The van der Waals surface area contributed by atoms with Crippen LogP contribution in [0.3, 0.4) is 0 Å². The second kappa shape index (κ2) is 7.19. The van der Waals surface area contributed by atoms with Gasteiger partial charge in [-0.15, -0.1) is 0 Å². The minimum absolute atomic E-state index is 0.155. The quantitative estimate of drug-likeness (QED) is 0.629. The minimum atomic E-state index is -0.659. The normalized spacial score (nSPS) is 16.9. The number of fused-ring (bicyclic) bond motifs is 1. The van der Waals surface area contributed by atoms with E-state index in [-0.39, 0.29) is 11.8 Å². The van der Waals surface area contributed by atoms with Crippen molar-refractivity contribution >= 4 is 50.0 Å². The molecule has 0 radical (unpaired) electrons. The van der Waals surface area contributed by atoms with Crippen LogP contribution in [0, 0.1) is 5.92 Å². The van der Waals surface area contributed by atoms with Crippen molar-refractivity contribution in [3.63, 3.8) is 0 Å².